The Hall–Kier alpha value is -1.77. The number of hydrogen-bond acceptors (Lipinski definition) is 3. The number of ether oxygens (including phenoxy) is 1. The Bertz CT molecular complexity index is 441. The maximum absolute atomic E-state index is 11.5. The van der Waals surface area contributed by atoms with Crippen LogP contribution in [0.5, 0.6) is 5.75 Å². The minimum absolute atomic E-state index is 0.0423. The van der Waals surface area contributed by atoms with Gasteiger partial charge >= 0.3 is 5.97 Å². The third kappa shape index (κ3) is 2.63. The third-order valence-electron chi connectivity index (χ3n) is 2.13. The van der Waals surface area contributed by atoms with Crippen molar-refractivity contribution in [1.82, 2.24) is 0 Å². The molecule has 0 aliphatic rings. The number of phenolic OH excluding ortho intramolecular Hbond substituents is 1. The summed E-state index contributed by atoms with van der Waals surface area (Å²) in [5.41, 5.74) is 2.85. The van der Waals surface area contributed by atoms with Gasteiger partial charge in [-0.15, -0.1) is 0 Å². The summed E-state index contributed by atoms with van der Waals surface area (Å²) in [7, 11) is 1.30. The third-order valence-corrected chi connectivity index (χ3v) is 2.13. The molecule has 3 heteroatoms. The molecule has 86 valence electrons. The Kier molecular flexibility index (Phi) is 3.72. The quantitative estimate of drug-likeness (QED) is 0.779. The summed E-state index contributed by atoms with van der Waals surface area (Å²) in [4.78, 5) is 11.5. The van der Waals surface area contributed by atoms with E-state index in [1.165, 1.54) is 7.11 Å². The van der Waals surface area contributed by atoms with E-state index in [2.05, 4.69) is 4.74 Å². The molecule has 0 atom stereocenters. The molecule has 0 heterocycles. The molecule has 0 amide bonds. The van der Waals surface area contributed by atoms with E-state index >= 15 is 0 Å². The molecule has 0 unspecified atom stereocenters. The minimum Gasteiger partial charge on any atom is -0.507 e. The molecule has 0 saturated heterocycles. The summed E-state index contributed by atoms with van der Waals surface area (Å²) in [6.07, 6.45) is 1.85. The van der Waals surface area contributed by atoms with Gasteiger partial charge in [-0.2, -0.15) is 0 Å². The topological polar surface area (TPSA) is 46.5 Å². The summed E-state index contributed by atoms with van der Waals surface area (Å²) in [6, 6.07) is 3.40. The van der Waals surface area contributed by atoms with Crippen LogP contribution in [0.1, 0.15) is 35.3 Å². The number of aryl methyl sites for hydroxylation is 1. The van der Waals surface area contributed by atoms with Crippen LogP contribution in [0.25, 0.3) is 6.08 Å². The van der Waals surface area contributed by atoms with E-state index < -0.39 is 5.97 Å². The van der Waals surface area contributed by atoms with E-state index in [-0.39, 0.29) is 11.3 Å². The van der Waals surface area contributed by atoms with E-state index in [0.29, 0.717) is 5.56 Å². The summed E-state index contributed by atoms with van der Waals surface area (Å²) in [6.45, 7) is 5.73. The minimum atomic E-state index is -0.523. The van der Waals surface area contributed by atoms with Crippen molar-refractivity contribution in [2.45, 2.75) is 20.8 Å². The second kappa shape index (κ2) is 4.84. The van der Waals surface area contributed by atoms with Gasteiger partial charge in [-0.05, 0) is 38.0 Å². The van der Waals surface area contributed by atoms with Crippen LogP contribution >= 0.6 is 0 Å². The van der Waals surface area contributed by atoms with Crippen molar-refractivity contribution in [2.75, 3.05) is 7.11 Å². The number of methoxy groups -OCH3 is 1. The van der Waals surface area contributed by atoms with Crippen LogP contribution in [0, 0.1) is 6.92 Å². The number of esters is 1. The van der Waals surface area contributed by atoms with Crippen LogP contribution < -0.4 is 0 Å². The first-order valence-electron chi connectivity index (χ1n) is 5.02. The van der Waals surface area contributed by atoms with Crippen LogP contribution in [0.3, 0.4) is 0 Å². The van der Waals surface area contributed by atoms with Gasteiger partial charge < -0.3 is 9.84 Å². The Morgan fingerprint density at radius 3 is 2.50 bits per heavy atom. The molecule has 0 radical (unpaired) electrons. The van der Waals surface area contributed by atoms with E-state index in [9.17, 15) is 9.90 Å². The number of hydrogen-bond donors (Lipinski definition) is 1. The lowest BCUT2D eigenvalue weighted by Gasteiger charge is -2.08. The van der Waals surface area contributed by atoms with Crippen molar-refractivity contribution in [1.29, 1.82) is 0 Å². The van der Waals surface area contributed by atoms with Crippen molar-refractivity contribution >= 4 is 12.0 Å². The van der Waals surface area contributed by atoms with Crippen molar-refractivity contribution in [3.05, 3.63) is 34.4 Å². The number of benzene rings is 1. The molecule has 0 spiro atoms. The molecule has 0 aliphatic carbocycles. The fraction of sp³-hybridized carbons (Fsp3) is 0.308. The molecule has 0 aromatic heterocycles. The highest BCUT2D eigenvalue weighted by Gasteiger charge is 2.16. The monoisotopic (exact) mass is 220 g/mol. The second-order valence-electron chi connectivity index (χ2n) is 3.96. The van der Waals surface area contributed by atoms with Crippen LogP contribution in [0.2, 0.25) is 0 Å². The summed E-state index contributed by atoms with van der Waals surface area (Å²) in [5.74, 6) is -0.565. The lowest BCUT2D eigenvalue weighted by Crippen LogP contribution is -2.04. The number of carbonyl (C=O) groups excluding carboxylic acids is 1. The predicted molar refractivity (Wildman–Crippen MR) is 63.5 cm³/mol. The highest BCUT2D eigenvalue weighted by molar-refractivity contribution is 5.96. The molecular weight excluding hydrogens is 204 g/mol. The molecule has 3 nitrogen and oxygen atoms in total. The average Bonchev–Trinajstić information content (AvgIpc) is 2.14. The maximum atomic E-state index is 11.5. The molecule has 1 aromatic rings. The van der Waals surface area contributed by atoms with Gasteiger partial charge in [0, 0.05) is 0 Å². The normalized spacial score (nSPS) is 9.75. The van der Waals surface area contributed by atoms with Gasteiger partial charge in [0.05, 0.1) is 7.11 Å². The first-order valence-corrected chi connectivity index (χ1v) is 5.02. The highest BCUT2D eigenvalue weighted by atomic mass is 16.5. The molecule has 1 N–H and O–H groups in total. The Labute approximate surface area is 95.4 Å². The Morgan fingerprint density at radius 2 is 2.00 bits per heavy atom. The fourth-order valence-corrected chi connectivity index (χ4v) is 1.54. The van der Waals surface area contributed by atoms with Gasteiger partial charge in [0.15, 0.2) is 0 Å². The molecule has 0 bridgehead atoms. The number of phenols is 1. The molecule has 0 fully saturated rings. The Balaban J connectivity index is 3.44. The molecule has 0 aliphatic heterocycles. The lowest BCUT2D eigenvalue weighted by atomic mass is 10.0. The van der Waals surface area contributed by atoms with Crippen molar-refractivity contribution in [3.8, 4) is 5.75 Å². The zero-order chi connectivity index (χ0) is 12.3. The highest BCUT2D eigenvalue weighted by Crippen LogP contribution is 2.26. The lowest BCUT2D eigenvalue weighted by molar-refractivity contribution is 0.0597. The van der Waals surface area contributed by atoms with E-state index in [0.717, 1.165) is 11.1 Å². The zero-order valence-electron chi connectivity index (χ0n) is 10.00. The largest absolute Gasteiger partial charge is 0.507 e. The fourth-order valence-electron chi connectivity index (χ4n) is 1.54. The van der Waals surface area contributed by atoms with Gasteiger partial charge in [-0.25, -0.2) is 4.79 Å². The van der Waals surface area contributed by atoms with Gasteiger partial charge in [-0.1, -0.05) is 17.7 Å². The smallest absolute Gasteiger partial charge is 0.342 e. The molecular formula is C13H16O3. The van der Waals surface area contributed by atoms with Crippen molar-refractivity contribution in [3.63, 3.8) is 0 Å². The second-order valence-corrected chi connectivity index (χ2v) is 3.96. The van der Waals surface area contributed by atoms with E-state index in [1.54, 1.807) is 6.07 Å². The van der Waals surface area contributed by atoms with Gasteiger partial charge in [0.1, 0.15) is 11.3 Å². The van der Waals surface area contributed by atoms with Crippen LogP contribution in [0.15, 0.2) is 17.7 Å². The zero-order valence-corrected chi connectivity index (χ0v) is 10.00. The predicted octanol–water partition coefficient (Wildman–Crippen LogP) is 2.91. The number of carbonyl (C=O) groups is 1. The maximum Gasteiger partial charge on any atom is 0.342 e. The SMILES string of the molecule is COC(=O)c1c(O)cc(C)cc1C=C(C)C. The first-order chi connectivity index (χ1) is 7.45. The summed E-state index contributed by atoms with van der Waals surface area (Å²) < 4.78 is 4.65. The average molecular weight is 220 g/mol. The molecule has 0 saturated carbocycles. The van der Waals surface area contributed by atoms with Crippen molar-refractivity contribution < 1.29 is 14.6 Å². The van der Waals surface area contributed by atoms with Gasteiger partial charge in [-0.3, -0.25) is 0 Å². The van der Waals surface area contributed by atoms with E-state index in [4.69, 9.17) is 0 Å². The molecule has 1 aromatic carbocycles. The van der Waals surface area contributed by atoms with Gasteiger partial charge in [0.2, 0.25) is 0 Å². The van der Waals surface area contributed by atoms with Crippen LogP contribution in [0.4, 0.5) is 0 Å². The summed E-state index contributed by atoms with van der Waals surface area (Å²) >= 11 is 0. The molecule has 16 heavy (non-hydrogen) atoms. The standard InChI is InChI=1S/C13H16O3/c1-8(2)5-10-6-9(3)7-11(14)12(10)13(15)16-4/h5-7,14H,1-4H3. The van der Waals surface area contributed by atoms with Crippen molar-refractivity contribution in [2.24, 2.45) is 0 Å². The van der Waals surface area contributed by atoms with E-state index in [1.807, 2.05) is 32.9 Å². The number of rotatable bonds is 2. The first kappa shape index (κ1) is 12.3. The van der Waals surface area contributed by atoms with Gasteiger partial charge in [0.25, 0.3) is 0 Å². The number of aromatic hydroxyl groups is 1. The number of allylic oxidation sites excluding steroid dienone is 1. The molecule has 1 rings (SSSR count). The Morgan fingerprint density at radius 1 is 1.38 bits per heavy atom. The van der Waals surface area contributed by atoms with Crippen LogP contribution in [-0.4, -0.2) is 18.2 Å². The van der Waals surface area contributed by atoms with Crippen LogP contribution in [-0.2, 0) is 4.74 Å². The summed E-state index contributed by atoms with van der Waals surface area (Å²) in [5, 5.41) is 9.76.